The van der Waals surface area contributed by atoms with Crippen LogP contribution in [0.4, 0.5) is 4.39 Å². The maximum atomic E-state index is 13.9. The summed E-state index contributed by atoms with van der Waals surface area (Å²) in [5.74, 6) is -0.0351. The average Bonchev–Trinajstić information content (AvgIpc) is 2.82. The third-order valence-electron chi connectivity index (χ3n) is 2.77. The zero-order chi connectivity index (χ0) is 10.7. The van der Waals surface area contributed by atoms with Crippen LogP contribution < -0.4 is 0 Å². The zero-order valence-electron chi connectivity index (χ0n) is 8.36. The Bertz CT molecular complexity index is 328. The van der Waals surface area contributed by atoms with Crippen molar-refractivity contribution in [3.05, 3.63) is 35.4 Å². The Kier molecular flexibility index (Phi) is 3.11. The van der Waals surface area contributed by atoms with Gasteiger partial charge in [-0.05, 0) is 12.0 Å². The van der Waals surface area contributed by atoms with E-state index in [9.17, 15) is 9.18 Å². The molecule has 1 fully saturated rings. The summed E-state index contributed by atoms with van der Waals surface area (Å²) < 4.78 is 19.1. The molecular weight excluding hydrogens is 195 g/mol. The lowest BCUT2D eigenvalue weighted by molar-refractivity contribution is 0.112. The van der Waals surface area contributed by atoms with Crippen LogP contribution in [0.3, 0.4) is 0 Å². The molecule has 0 spiro atoms. The molecule has 80 valence electrons. The SMILES string of the molecule is O=Cc1ccc(C(F)C2CCOC2)cc1. The molecule has 0 bridgehead atoms. The Morgan fingerprint density at radius 3 is 2.67 bits per heavy atom. The fourth-order valence-corrected chi connectivity index (χ4v) is 1.81. The molecule has 1 aromatic rings. The van der Waals surface area contributed by atoms with E-state index in [-0.39, 0.29) is 5.92 Å². The van der Waals surface area contributed by atoms with Crippen molar-refractivity contribution >= 4 is 6.29 Å². The van der Waals surface area contributed by atoms with Crippen molar-refractivity contribution in [1.29, 1.82) is 0 Å². The zero-order valence-corrected chi connectivity index (χ0v) is 8.36. The van der Waals surface area contributed by atoms with Gasteiger partial charge < -0.3 is 4.74 Å². The second-order valence-corrected chi connectivity index (χ2v) is 3.81. The van der Waals surface area contributed by atoms with Crippen LogP contribution in [0.2, 0.25) is 0 Å². The summed E-state index contributed by atoms with van der Waals surface area (Å²) >= 11 is 0. The molecule has 0 radical (unpaired) electrons. The lowest BCUT2D eigenvalue weighted by atomic mass is 9.96. The van der Waals surface area contributed by atoms with E-state index in [1.54, 1.807) is 24.3 Å². The Morgan fingerprint density at radius 2 is 2.13 bits per heavy atom. The third kappa shape index (κ3) is 2.23. The fraction of sp³-hybridized carbons (Fsp3) is 0.417. The van der Waals surface area contributed by atoms with Gasteiger partial charge in [0.1, 0.15) is 12.5 Å². The van der Waals surface area contributed by atoms with Gasteiger partial charge in [-0.15, -0.1) is 0 Å². The minimum absolute atomic E-state index is 0.0351. The molecule has 1 aliphatic rings. The van der Waals surface area contributed by atoms with Gasteiger partial charge in [-0.25, -0.2) is 4.39 Å². The molecule has 2 unspecified atom stereocenters. The van der Waals surface area contributed by atoms with Crippen LogP contribution >= 0.6 is 0 Å². The molecule has 0 amide bonds. The molecule has 2 atom stereocenters. The first kappa shape index (κ1) is 10.3. The van der Waals surface area contributed by atoms with Crippen LogP contribution in [-0.2, 0) is 4.74 Å². The number of aldehydes is 1. The van der Waals surface area contributed by atoms with Crippen LogP contribution in [0.15, 0.2) is 24.3 Å². The fourth-order valence-electron chi connectivity index (χ4n) is 1.81. The van der Waals surface area contributed by atoms with Gasteiger partial charge in [-0.3, -0.25) is 4.79 Å². The summed E-state index contributed by atoms with van der Waals surface area (Å²) in [5, 5.41) is 0. The van der Waals surface area contributed by atoms with E-state index in [0.29, 0.717) is 24.3 Å². The van der Waals surface area contributed by atoms with E-state index in [1.165, 1.54) is 0 Å². The number of alkyl halides is 1. The van der Waals surface area contributed by atoms with Crippen LogP contribution in [0, 0.1) is 5.92 Å². The molecule has 1 saturated heterocycles. The summed E-state index contributed by atoms with van der Waals surface area (Å²) in [4.78, 5) is 10.4. The van der Waals surface area contributed by atoms with Crippen LogP contribution in [0.1, 0.15) is 28.5 Å². The van der Waals surface area contributed by atoms with Gasteiger partial charge in [0.05, 0.1) is 6.61 Å². The minimum atomic E-state index is -0.979. The van der Waals surface area contributed by atoms with E-state index in [2.05, 4.69) is 0 Å². The van der Waals surface area contributed by atoms with Crippen molar-refractivity contribution < 1.29 is 13.9 Å². The highest BCUT2D eigenvalue weighted by Gasteiger charge is 2.26. The number of hydrogen-bond acceptors (Lipinski definition) is 2. The Morgan fingerprint density at radius 1 is 1.40 bits per heavy atom. The highest BCUT2D eigenvalue weighted by Crippen LogP contribution is 2.31. The normalized spacial score (nSPS) is 22.6. The number of hydrogen-bond donors (Lipinski definition) is 0. The van der Waals surface area contributed by atoms with Gasteiger partial charge in [0.25, 0.3) is 0 Å². The van der Waals surface area contributed by atoms with Crippen molar-refractivity contribution in [3.63, 3.8) is 0 Å². The molecule has 15 heavy (non-hydrogen) atoms. The topological polar surface area (TPSA) is 26.3 Å². The highest BCUT2D eigenvalue weighted by atomic mass is 19.1. The van der Waals surface area contributed by atoms with Crippen LogP contribution in [0.25, 0.3) is 0 Å². The van der Waals surface area contributed by atoms with Crippen molar-refractivity contribution in [2.45, 2.75) is 12.6 Å². The molecule has 2 nitrogen and oxygen atoms in total. The molecule has 0 saturated carbocycles. The van der Waals surface area contributed by atoms with Gasteiger partial charge >= 0.3 is 0 Å². The monoisotopic (exact) mass is 208 g/mol. The first-order valence-corrected chi connectivity index (χ1v) is 5.08. The van der Waals surface area contributed by atoms with Crippen molar-refractivity contribution in [1.82, 2.24) is 0 Å². The van der Waals surface area contributed by atoms with E-state index < -0.39 is 6.17 Å². The number of carbonyl (C=O) groups is 1. The van der Waals surface area contributed by atoms with Crippen molar-refractivity contribution in [2.75, 3.05) is 13.2 Å². The Balaban J connectivity index is 2.10. The predicted octanol–water partition coefficient (Wildman–Crippen LogP) is 2.55. The quantitative estimate of drug-likeness (QED) is 0.713. The summed E-state index contributed by atoms with van der Waals surface area (Å²) in [6.45, 7) is 1.15. The summed E-state index contributed by atoms with van der Waals surface area (Å²) in [5.41, 5.74) is 1.21. The van der Waals surface area contributed by atoms with E-state index in [4.69, 9.17) is 4.74 Å². The second-order valence-electron chi connectivity index (χ2n) is 3.81. The summed E-state index contributed by atoms with van der Waals surface area (Å²) in [7, 11) is 0. The molecule has 1 aliphatic heterocycles. The third-order valence-corrected chi connectivity index (χ3v) is 2.77. The Labute approximate surface area is 88.1 Å². The Hall–Kier alpha value is -1.22. The number of halogens is 1. The molecule has 1 aromatic carbocycles. The number of carbonyl (C=O) groups excluding carboxylic acids is 1. The molecule has 0 aromatic heterocycles. The molecular formula is C12H13FO2. The molecule has 0 N–H and O–H groups in total. The predicted molar refractivity (Wildman–Crippen MR) is 54.6 cm³/mol. The maximum absolute atomic E-state index is 13.9. The molecule has 3 heteroatoms. The average molecular weight is 208 g/mol. The van der Waals surface area contributed by atoms with Crippen molar-refractivity contribution in [3.8, 4) is 0 Å². The van der Waals surface area contributed by atoms with E-state index in [0.717, 1.165) is 12.7 Å². The number of ether oxygens (including phenoxy) is 1. The standard InChI is InChI=1S/C12H13FO2/c13-12(11-5-6-15-8-11)10-3-1-9(7-14)2-4-10/h1-4,7,11-12H,5-6,8H2. The van der Waals surface area contributed by atoms with Crippen LogP contribution in [-0.4, -0.2) is 19.5 Å². The smallest absolute Gasteiger partial charge is 0.150 e. The highest BCUT2D eigenvalue weighted by molar-refractivity contribution is 5.74. The lowest BCUT2D eigenvalue weighted by Crippen LogP contribution is -2.08. The lowest BCUT2D eigenvalue weighted by Gasteiger charge is -2.14. The van der Waals surface area contributed by atoms with Gasteiger partial charge in [0.2, 0.25) is 0 Å². The number of benzene rings is 1. The van der Waals surface area contributed by atoms with Gasteiger partial charge in [0, 0.05) is 18.1 Å². The minimum Gasteiger partial charge on any atom is -0.381 e. The summed E-state index contributed by atoms with van der Waals surface area (Å²) in [6.07, 6.45) is 0.556. The van der Waals surface area contributed by atoms with E-state index in [1.807, 2.05) is 0 Å². The van der Waals surface area contributed by atoms with Crippen LogP contribution in [0.5, 0.6) is 0 Å². The largest absolute Gasteiger partial charge is 0.381 e. The maximum Gasteiger partial charge on any atom is 0.150 e. The van der Waals surface area contributed by atoms with Gasteiger partial charge in [-0.2, -0.15) is 0 Å². The molecule has 1 heterocycles. The molecule has 0 aliphatic carbocycles. The first-order valence-electron chi connectivity index (χ1n) is 5.08. The second kappa shape index (κ2) is 4.53. The van der Waals surface area contributed by atoms with E-state index >= 15 is 0 Å². The van der Waals surface area contributed by atoms with Gasteiger partial charge in [-0.1, -0.05) is 24.3 Å². The number of rotatable bonds is 3. The van der Waals surface area contributed by atoms with Crippen molar-refractivity contribution in [2.24, 2.45) is 5.92 Å². The first-order chi connectivity index (χ1) is 7.31. The molecule has 2 rings (SSSR count). The summed E-state index contributed by atoms with van der Waals surface area (Å²) in [6, 6.07) is 6.63. The van der Waals surface area contributed by atoms with Gasteiger partial charge in [0.15, 0.2) is 0 Å².